The Balaban J connectivity index is 3.69. The van der Waals surface area contributed by atoms with E-state index in [9.17, 15) is 0 Å². The first-order chi connectivity index (χ1) is 4.68. The van der Waals surface area contributed by atoms with Gasteiger partial charge in [0.2, 0.25) is 0 Å². The minimum Gasteiger partial charge on any atom is -0.342 e. The van der Waals surface area contributed by atoms with E-state index in [1.54, 1.807) is 0 Å². The molecule has 0 bridgehead atoms. The number of hydrogen-bond donors (Lipinski definition) is 1. The molecule has 0 aromatic carbocycles. The fourth-order valence-corrected chi connectivity index (χ4v) is 1.31. The molecule has 62 valence electrons. The van der Waals surface area contributed by atoms with Gasteiger partial charge in [0.25, 0.3) is 0 Å². The van der Waals surface area contributed by atoms with Gasteiger partial charge in [0, 0.05) is 13.2 Å². The van der Waals surface area contributed by atoms with E-state index < -0.39 is 5.53 Å². The Hall–Kier alpha value is 0.0969. The summed E-state index contributed by atoms with van der Waals surface area (Å²) in [6.45, 7) is 5.29. The fourth-order valence-electron chi connectivity index (χ4n) is 0.737. The minimum atomic E-state index is -0.469. The van der Waals surface area contributed by atoms with Crippen LogP contribution in [0.1, 0.15) is 13.8 Å². The third-order valence-corrected chi connectivity index (χ3v) is 2.37. The molecule has 0 saturated heterocycles. The molecule has 0 aromatic heterocycles. The van der Waals surface area contributed by atoms with Crippen LogP contribution in [0.15, 0.2) is 0 Å². The van der Waals surface area contributed by atoms with E-state index >= 15 is 0 Å². The molecule has 3 nitrogen and oxygen atoms in total. The Morgan fingerprint density at radius 3 is 1.90 bits per heavy atom. The minimum absolute atomic E-state index is 0.469. The van der Waals surface area contributed by atoms with Gasteiger partial charge in [-0.05, 0) is 20.9 Å². The summed E-state index contributed by atoms with van der Waals surface area (Å²) < 4.78 is 10.7. The summed E-state index contributed by atoms with van der Waals surface area (Å²) in [6.07, 6.45) is 0. The zero-order valence-electron chi connectivity index (χ0n) is 7.23. The normalized spacial score (nSPS) is 12.3. The van der Waals surface area contributed by atoms with E-state index in [1.165, 1.54) is 0 Å². The molecule has 0 aliphatic rings. The van der Waals surface area contributed by atoms with Crippen molar-refractivity contribution in [2.24, 2.45) is 0 Å². The summed E-state index contributed by atoms with van der Waals surface area (Å²) in [5.74, 6) is 0. The predicted octanol–water partition coefficient (Wildman–Crippen LogP) is -0.745. The quantitative estimate of drug-likeness (QED) is 0.427. The second-order valence-corrected chi connectivity index (χ2v) is 3.38. The van der Waals surface area contributed by atoms with Crippen LogP contribution in [0.25, 0.3) is 0 Å². The summed E-state index contributed by atoms with van der Waals surface area (Å²) in [4.78, 5) is 0. The van der Waals surface area contributed by atoms with Crippen LogP contribution >= 0.6 is 0 Å². The average Bonchev–Trinajstić information content (AvgIpc) is 1.89. The van der Waals surface area contributed by atoms with Crippen LogP contribution in [0, 0.1) is 0 Å². The van der Waals surface area contributed by atoms with Crippen molar-refractivity contribution in [2.45, 2.75) is 19.4 Å². The molecule has 0 atom stereocenters. The van der Waals surface area contributed by atoms with Crippen molar-refractivity contribution in [1.29, 1.82) is 0 Å². The van der Waals surface area contributed by atoms with Crippen molar-refractivity contribution >= 4 is 10.2 Å². The van der Waals surface area contributed by atoms with Gasteiger partial charge in [0.05, 0.1) is 10.2 Å². The third-order valence-electron chi connectivity index (χ3n) is 1.29. The molecule has 0 fully saturated rings. The highest BCUT2D eigenvalue weighted by Gasteiger charge is 2.20. The highest BCUT2D eigenvalue weighted by Crippen LogP contribution is 2.01. The SMILES string of the molecule is CCOC([SiH3])(NC)OCC. The second-order valence-electron chi connectivity index (χ2n) is 2.06. The topological polar surface area (TPSA) is 30.5 Å². The van der Waals surface area contributed by atoms with Crippen LogP contribution in [-0.4, -0.2) is 36.0 Å². The largest absolute Gasteiger partial charge is 0.342 e. The van der Waals surface area contributed by atoms with Crippen LogP contribution in [0.2, 0.25) is 0 Å². The van der Waals surface area contributed by atoms with Crippen LogP contribution in [0.4, 0.5) is 0 Å². The molecule has 0 saturated carbocycles. The molecule has 10 heavy (non-hydrogen) atoms. The van der Waals surface area contributed by atoms with Crippen molar-refractivity contribution in [3.05, 3.63) is 0 Å². The van der Waals surface area contributed by atoms with Gasteiger partial charge in [-0.25, -0.2) is 0 Å². The lowest BCUT2D eigenvalue weighted by atomic mass is 10.8. The van der Waals surface area contributed by atoms with Gasteiger partial charge in [-0.2, -0.15) is 0 Å². The summed E-state index contributed by atoms with van der Waals surface area (Å²) >= 11 is 0. The maximum Gasteiger partial charge on any atom is 0.193 e. The lowest BCUT2D eigenvalue weighted by Crippen LogP contribution is -2.48. The first-order valence-electron chi connectivity index (χ1n) is 3.65. The number of nitrogens with one attached hydrogen (secondary N) is 1. The van der Waals surface area contributed by atoms with Gasteiger partial charge in [-0.3, -0.25) is 5.32 Å². The highest BCUT2D eigenvalue weighted by atomic mass is 28.1. The summed E-state index contributed by atoms with van der Waals surface area (Å²) in [6, 6.07) is 0. The van der Waals surface area contributed by atoms with Gasteiger partial charge in [0.1, 0.15) is 0 Å². The van der Waals surface area contributed by atoms with Gasteiger partial charge >= 0.3 is 0 Å². The van der Waals surface area contributed by atoms with E-state index in [0.29, 0.717) is 13.2 Å². The van der Waals surface area contributed by atoms with E-state index in [-0.39, 0.29) is 0 Å². The molecule has 0 amide bonds. The van der Waals surface area contributed by atoms with Crippen LogP contribution in [0.3, 0.4) is 0 Å². The molecule has 0 radical (unpaired) electrons. The maximum absolute atomic E-state index is 5.35. The Morgan fingerprint density at radius 1 is 1.30 bits per heavy atom. The van der Waals surface area contributed by atoms with Crippen molar-refractivity contribution in [1.82, 2.24) is 5.32 Å². The lowest BCUT2D eigenvalue weighted by Gasteiger charge is -2.28. The monoisotopic (exact) mass is 163 g/mol. The molecular formula is C6H17NO2Si. The van der Waals surface area contributed by atoms with Crippen LogP contribution in [-0.2, 0) is 9.47 Å². The Bertz CT molecular complexity index is 83.8. The molecular weight excluding hydrogens is 146 g/mol. The highest BCUT2D eigenvalue weighted by molar-refractivity contribution is 6.13. The number of rotatable bonds is 5. The fraction of sp³-hybridized carbons (Fsp3) is 1.00. The molecule has 0 aromatic rings. The first kappa shape index (κ1) is 10.1. The Labute approximate surface area is 65.5 Å². The third kappa shape index (κ3) is 3.31. The van der Waals surface area contributed by atoms with Crippen molar-refractivity contribution in [3.63, 3.8) is 0 Å². The summed E-state index contributed by atoms with van der Waals surface area (Å²) in [7, 11) is 2.68. The molecule has 4 heteroatoms. The molecule has 0 unspecified atom stereocenters. The molecule has 0 spiro atoms. The molecule has 0 aliphatic carbocycles. The predicted molar refractivity (Wildman–Crippen MR) is 45.0 cm³/mol. The average molecular weight is 163 g/mol. The van der Waals surface area contributed by atoms with Gasteiger partial charge < -0.3 is 9.47 Å². The standard InChI is InChI=1S/C6H17NO2Si/c1-4-8-6(10,7-3)9-5-2/h7H,4-5H2,1-3,10H3. The van der Waals surface area contributed by atoms with E-state index in [2.05, 4.69) is 5.32 Å². The molecule has 0 rings (SSSR count). The second kappa shape index (κ2) is 4.84. The molecule has 1 N–H and O–H groups in total. The Kier molecular flexibility index (Phi) is 4.89. The maximum atomic E-state index is 5.35. The van der Waals surface area contributed by atoms with Crippen molar-refractivity contribution in [2.75, 3.05) is 20.3 Å². The van der Waals surface area contributed by atoms with Crippen molar-refractivity contribution in [3.8, 4) is 0 Å². The number of hydrogen-bond acceptors (Lipinski definition) is 3. The van der Waals surface area contributed by atoms with Gasteiger partial charge in [-0.1, -0.05) is 0 Å². The zero-order valence-corrected chi connectivity index (χ0v) is 9.23. The zero-order chi connectivity index (χ0) is 8.04. The van der Waals surface area contributed by atoms with Crippen LogP contribution in [0.5, 0.6) is 0 Å². The van der Waals surface area contributed by atoms with Gasteiger partial charge in [-0.15, -0.1) is 0 Å². The lowest BCUT2D eigenvalue weighted by molar-refractivity contribution is -0.188. The molecule has 0 heterocycles. The van der Waals surface area contributed by atoms with Crippen molar-refractivity contribution < 1.29 is 9.47 Å². The smallest absolute Gasteiger partial charge is 0.193 e. The van der Waals surface area contributed by atoms with E-state index in [1.807, 2.05) is 20.9 Å². The van der Waals surface area contributed by atoms with E-state index in [4.69, 9.17) is 9.47 Å². The van der Waals surface area contributed by atoms with E-state index in [0.717, 1.165) is 10.2 Å². The summed E-state index contributed by atoms with van der Waals surface area (Å²) in [5, 5.41) is 3.00. The van der Waals surface area contributed by atoms with Crippen LogP contribution < -0.4 is 5.32 Å². The molecule has 0 aliphatic heterocycles. The van der Waals surface area contributed by atoms with Gasteiger partial charge in [0.15, 0.2) is 5.53 Å². The first-order valence-corrected chi connectivity index (χ1v) is 4.65. The summed E-state index contributed by atoms with van der Waals surface area (Å²) in [5.41, 5.74) is -0.469. The Morgan fingerprint density at radius 2 is 1.70 bits per heavy atom. The number of ether oxygens (including phenoxy) is 2.